The molecule has 0 aliphatic carbocycles. The van der Waals surface area contributed by atoms with Crippen molar-refractivity contribution in [3.63, 3.8) is 0 Å². The zero-order valence-electron chi connectivity index (χ0n) is 11.0. The SMILES string of the molecule is N#Cc1ccc(S(=O)(=O)N2CCCC(C(=O)O)C2)c(Cl)c1. The van der Waals surface area contributed by atoms with Gasteiger partial charge in [0.2, 0.25) is 10.0 Å². The van der Waals surface area contributed by atoms with Crippen molar-refractivity contribution in [2.75, 3.05) is 13.1 Å². The number of halogens is 1. The Balaban J connectivity index is 2.34. The Bertz CT molecular complexity index is 711. The van der Waals surface area contributed by atoms with Crippen LogP contribution in [-0.4, -0.2) is 36.9 Å². The molecule has 0 aromatic heterocycles. The molecule has 0 saturated carbocycles. The highest BCUT2D eigenvalue weighted by Gasteiger charge is 2.34. The summed E-state index contributed by atoms with van der Waals surface area (Å²) in [6.45, 7) is 0.205. The van der Waals surface area contributed by atoms with E-state index in [9.17, 15) is 13.2 Å². The van der Waals surface area contributed by atoms with Gasteiger partial charge in [0, 0.05) is 13.1 Å². The average molecular weight is 329 g/mol. The van der Waals surface area contributed by atoms with Crippen molar-refractivity contribution in [1.82, 2.24) is 4.31 Å². The van der Waals surface area contributed by atoms with Gasteiger partial charge in [-0.2, -0.15) is 9.57 Å². The summed E-state index contributed by atoms with van der Waals surface area (Å²) in [5, 5.41) is 17.8. The third kappa shape index (κ3) is 3.18. The quantitative estimate of drug-likeness (QED) is 0.910. The number of carbonyl (C=O) groups is 1. The van der Waals surface area contributed by atoms with Crippen LogP contribution >= 0.6 is 11.6 Å². The van der Waals surface area contributed by atoms with E-state index in [1.54, 1.807) is 0 Å². The minimum atomic E-state index is -3.86. The molecule has 1 aliphatic heterocycles. The molecule has 8 heteroatoms. The second kappa shape index (κ2) is 6.02. The van der Waals surface area contributed by atoms with E-state index >= 15 is 0 Å². The highest BCUT2D eigenvalue weighted by Crippen LogP contribution is 2.29. The molecule has 0 radical (unpaired) electrons. The predicted octanol–water partition coefficient (Wildman–Crippen LogP) is 1.70. The van der Waals surface area contributed by atoms with Gasteiger partial charge in [0.15, 0.2) is 0 Å². The largest absolute Gasteiger partial charge is 0.481 e. The molecule has 1 N–H and O–H groups in total. The van der Waals surface area contributed by atoms with Crippen molar-refractivity contribution in [3.8, 4) is 6.07 Å². The van der Waals surface area contributed by atoms with Crippen LogP contribution in [-0.2, 0) is 14.8 Å². The summed E-state index contributed by atoms with van der Waals surface area (Å²) in [5.41, 5.74) is 0.265. The normalized spacial score (nSPS) is 19.9. The van der Waals surface area contributed by atoms with Crippen molar-refractivity contribution in [3.05, 3.63) is 28.8 Å². The molecule has 0 bridgehead atoms. The molecule has 0 amide bonds. The Hall–Kier alpha value is -1.62. The Labute approximate surface area is 127 Å². The van der Waals surface area contributed by atoms with Crippen molar-refractivity contribution in [1.29, 1.82) is 5.26 Å². The molecule has 1 saturated heterocycles. The van der Waals surface area contributed by atoms with Gasteiger partial charge in [-0.3, -0.25) is 4.79 Å². The maximum Gasteiger partial charge on any atom is 0.307 e. The van der Waals surface area contributed by atoms with E-state index < -0.39 is 21.9 Å². The average Bonchev–Trinajstić information content (AvgIpc) is 2.46. The van der Waals surface area contributed by atoms with Crippen LogP contribution in [0.15, 0.2) is 23.1 Å². The summed E-state index contributed by atoms with van der Waals surface area (Å²) in [6, 6.07) is 5.81. The fraction of sp³-hybridized carbons (Fsp3) is 0.385. The standard InChI is InChI=1S/C13H13ClN2O4S/c14-11-6-9(7-15)3-4-12(11)21(19,20)16-5-1-2-10(8-16)13(17)18/h3-4,6,10H,1-2,5,8H2,(H,17,18). The third-order valence-electron chi connectivity index (χ3n) is 3.41. The van der Waals surface area contributed by atoms with E-state index in [0.717, 1.165) is 4.31 Å². The number of hydrogen-bond acceptors (Lipinski definition) is 4. The van der Waals surface area contributed by atoms with Crippen LogP contribution in [0.4, 0.5) is 0 Å². The molecule has 1 atom stereocenters. The van der Waals surface area contributed by atoms with E-state index in [4.69, 9.17) is 22.0 Å². The molecule has 1 fully saturated rings. The highest BCUT2D eigenvalue weighted by molar-refractivity contribution is 7.89. The minimum Gasteiger partial charge on any atom is -0.481 e. The Kier molecular flexibility index (Phi) is 4.52. The van der Waals surface area contributed by atoms with Crippen LogP contribution in [0, 0.1) is 17.2 Å². The van der Waals surface area contributed by atoms with Crippen molar-refractivity contribution in [2.24, 2.45) is 5.92 Å². The lowest BCUT2D eigenvalue weighted by atomic mass is 10.0. The van der Waals surface area contributed by atoms with Gasteiger partial charge in [-0.25, -0.2) is 8.42 Å². The summed E-state index contributed by atoms with van der Waals surface area (Å²) in [4.78, 5) is 10.9. The van der Waals surface area contributed by atoms with E-state index in [1.807, 2.05) is 6.07 Å². The lowest BCUT2D eigenvalue weighted by Gasteiger charge is -2.30. The predicted molar refractivity (Wildman–Crippen MR) is 75.3 cm³/mol. The minimum absolute atomic E-state index is 0.0356. The molecule has 112 valence electrons. The first-order chi connectivity index (χ1) is 9.86. The van der Waals surface area contributed by atoms with Gasteiger partial charge >= 0.3 is 5.97 Å². The molecular formula is C13H13ClN2O4S. The van der Waals surface area contributed by atoms with E-state index in [-0.39, 0.29) is 28.6 Å². The summed E-state index contributed by atoms with van der Waals surface area (Å²) in [5.74, 6) is -1.70. The molecule has 6 nitrogen and oxygen atoms in total. The van der Waals surface area contributed by atoms with Crippen LogP contribution in [0.5, 0.6) is 0 Å². The first-order valence-corrected chi connectivity index (χ1v) is 8.10. The Morgan fingerprint density at radius 1 is 1.48 bits per heavy atom. The topological polar surface area (TPSA) is 98.5 Å². The summed E-state index contributed by atoms with van der Waals surface area (Å²) < 4.78 is 26.2. The van der Waals surface area contributed by atoms with E-state index in [0.29, 0.717) is 12.8 Å². The zero-order valence-corrected chi connectivity index (χ0v) is 12.6. The number of benzene rings is 1. The molecule has 21 heavy (non-hydrogen) atoms. The first kappa shape index (κ1) is 15.8. The number of nitrogens with zero attached hydrogens (tertiary/aromatic N) is 2. The molecule has 1 unspecified atom stereocenters. The van der Waals surface area contributed by atoms with Gasteiger partial charge in [0.05, 0.1) is 22.6 Å². The van der Waals surface area contributed by atoms with Crippen molar-refractivity contribution >= 4 is 27.6 Å². The smallest absolute Gasteiger partial charge is 0.307 e. The Morgan fingerprint density at radius 3 is 2.76 bits per heavy atom. The molecule has 1 heterocycles. The summed E-state index contributed by atoms with van der Waals surface area (Å²) in [6.07, 6.45) is 0.951. The maximum absolute atomic E-state index is 12.5. The second-order valence-electron chi connectivity index (χ2n) is 4.80. The molecule has 1 aromatic rings. The number of rotatable bonds is 3. The Morgan fingerprint density at radius 2 is 2.19 bits per heavy atom. The van der Waals surface area contributed by atoms with Gasteiger partial charge in [0.1, 0.15) is 4.90 Å². The number of sulfonamides is 1. The van der Waals surface area contributed by atoms with Crippen LogP contribution in [0.1, 0.15) is 18.4 Å². The van der Waals surface area contributed by atoms with Gasteiger partial charge in [-0.05, 0) is 31.0 Å². The summed E-state index contributed by atoms with van der Waals surface area (Å²) in [7, 11) is -3.86. The monoisotopic (exact) mass is 328 g/mol. The van der Waals surface area contributed by atoms with Gasteiger partial charge in [-0.15, -0.1) is 0 Å². The van der Waals surface area contributed by atoms with Crippen LogP contribution in [0.2, 0.25) is 5.02 Å². The number of nitriles is 1. The molecule has 1 aromatic carbocycles. The van der Waals surface area contributed by atoms with E-state index in [1.165, 1.54) is 18.2 Å². The van der Waals surface area contributed by atoms with Crippen LogP contribution in [0.25, 0.3) is 0 Å². The van der Waals surface area contributed by atoms with Crippen molar-refractivity contribution in [2.45, 2.75) is 17.7 Å². The number of piperidine rings is 1. The second-order valence-corrected chi connectivity index (χ2v) is 7.11. The number of carboxylic acids is 1. The van der Waals surface area contributed by atoms with Gasteiger partial charge in [-0.1, -0.05) is 11.6 Å². The first-order valence-electron chi connectivity index (χ1n) is 6.29. The third-order valence-corrected chi connectivity index (χ3v) is 5.76. The fourth-order valence-corrected chi connectivity index (χ4v) is 4.32. The van der Waals surface area contributed by atoms with E-state index in [2.05, 4.69) is 0 Å². The molecule has 0 spiro atoms. The van der Waals surface area contributed by atoms with Crippen LogP contribution < -0.4 is 0 Å². The summed E-state index contributed by atoms with van der Waals surface area (Å²) >= 11 is 5.94. The van der Waals surface area contributed by atoms with Crippen LogP contribution in [0.3, 0.4) is 0 Å². The number of carboxylic acid groups (broad SMARTS) is 1. The molecule has 1 aliphatic rings. The number of aliphatic carboxylic acids is 1. The molecule has 2 rings (SSSR count). The van der Waals surface area contributed by atoms with Gasteiger partial charge in [0.25, 0.3) is 0 Å². The molecular weight excluding hydrogens is 316 g/mol. The highest BCUT2D eigenvalue weighted by atomic mass is 35.5. The zero-order chi connectivity index (χ0) is 15.6. The fourth-order valence-electron chi connectivity index (χ4n) is 2.28. The lowest BCUT2D eigenvalue weighted by Crippen LogP contribution is -2.42. The van der Waals surface area contributed by atoms with Crippen molar-refractivity contribution < 1.29 is 18.3 Å². The maximum atomic E-state index is 12.5. The lowest BCUT2D eigenvalue weighted by molar-refractivity contribution is -0.142. The number of hydrogen-bond donors (Lipinski definition) is 1. The van der Waals surface area contributed by atoms with Gasteiger partial charge < -0.3 is 5.11 Å².